The molecule has 0 rings (SSSR count). The van der Waals surface area contributed by atoms with Crippen LogP contribution in [0, 0.1) is 11.3 Å². The van der Waals surface area contributed by atoms with E-state index in [2.05, 4.69) is 5.32 Å². The molecule has 0 unspecified atom stereocenters. The number of carbonyl (C=O) groups excluding carboxylic acids is 1. The van der Waals surface area contributed by atoms with Gasteiger partial charge in [-0.05, 0) is 27.7 Å². The lowest BCUT2D eigenvalue weighted by Crippen LogP contribution is -2.38. The van der Waals surface area contributed by atoms with E-state index in [1.54, 1.807) is 6.20 Å². The van der Waals surface area contributed by atoms with Crippen LogP contribution in [0.25, 0.3) is 0 Å². The molecule has 0 heterocycles. The highest BCUT2D eigenvalue weighted by Crippen LogP contribution is 2.14. The summed E-state index contributed by atoms with van der Waals surface area (Å²) in [5.41, 5.74) is -0.0178. The Hall–Kier alpha value is -1.21. The first-order chi connectivity index (χ1) is 7.86. The van der Waals surface area contributed by atoms with Gasteiger partial charge in [0.05, 0.1) is 0 Å². The first-order valence-corrected chi connectivity index (χ1v) is 6.13. The largest absolute Gasteiger partial charge is 0.372 e. The van der Waals surface area contributed by atoms with Crippen molar-refractivity contribution >= 4 is 17.5 Å². The second-order valence-corrected chi connectivity index (χ2v) is 4.93. The van der Waals surface area contributed by atoms with Gasteiger partial charge in [0.1, 0.15) is 11.6 Å². The second kappa shape index (κ2) is 7.18. The highest BCUT2D eigenvalue weighted by Gasteiger charge is 2.19. The van der Waals surface area contributed by atoms with Gasteiger partial charge >= 0.3 is 0 Å². The van der Waals surface area contributed by atoms with Crippen LogP contribution in [0.2, 0.25) is 0 Å². The summed E-state index contributed by atoms with van der Waals surface area (Å²) in [5, 5.41) is 11.5. The molecule has 1 amide bonds. The number of amides is 1. The van der Waals surface area contributed by atoms with Crippen molar-refractivity contribution in [3.8, 4) is 6.07 Å². The molecule has 0 aliphatic rings. The lowest BCUT2D eigenvalue weighted by atomic mass is 10.1. The molecule has 1 N–H and O–H groups in total. The van der Waals surface area contributed by atoms with Gasteiger partial charge < -0.3 is 10.2 Å². The van der Waals surface area contributed by atoms with Gasteiger partial charge in [0.2, 0.25) is 0 Å². The average Bonchev–Trinajstić information content (AvgIpc) is 2.25. The second-order valence-electron chi connectivity index (χ2n) is 4.56. The molecule has 0 spiro atoms. The maximum Gasteiger partial charge on any atom is 0.263 e. The monoisotopic (exact) mass is 257 g/mol. The predicted molar refractivity (Wildman–Crippen MR) is 69.6 cm³/mol. The summed E-state index contributed by atoms with van der Waals surface area (Å²) in [4.78, 5) is 13.6. The molecule has 0 saturated heterocycles. The van der Waals surface area contributed by atoms with Gasteiger partial charge in [0.25, 0.3) is 5.91 Å². The summed E-state index contributed by atoms with van der Waals surface area (Å²) in [6.45, 7) is 9.15. The van der Waals surface area contributed by atoms with Crippen molar-refractivity contribution in [3.63, 3.8) is 0 Å². The summed E-state index contributed by atoms with van der Waals surface area (Å²) in [6.07, 6.45) is 1.60. The van der Waals surface area contributed by atoms with Crippen LogP contribution in [0.4, 0.5) is 0 Å². The van der Waals surface area contributed by atoms with E-state index in [-0.39, 0.29) is 17.0 Å². The van der Waals surface area contributed by atoms with E-state index in [4.69, 9.17) is 16.9 Å². The third-order valence-corrected chi connectivity index (χ3v) is 2.42. The summed E-state index contributed by atoms with van der Waals surface area (Å²) < 4.78 is 0. The maximum atomic E-state index is 11.6. The van der Waals surface area contributed by atoms with Crippen molar-refractivity contribution in [2.45, 2.75) is 33.2 Å². The van der Waals surface area contributed by atoms with E-state index in [1.807, 2.05) is 38.7 Å². The number of alkyl halides is 1. The first kappa shape index (κ1) is 15.8. The van der Waals surface area contributed by atoms with Gasteiger partial charge in [-0.15, -0.1) is 11.6 Å². The molecule has 0 aliphatic carbocycles. The first-order valence-electron chi connectivity index (χ1n) is 5.59. The fourth-order valence-corrected chi connectivity index (χ4v) is 1.40. The Bertz CT molecular complexity index is 326. The maximum absolute atomic E-state index is 11.6. The minimum atomic E-state index is -0.379. The van der Waals surface area contributed by atoms with Crippen molar-refractivity contribution < 1.29 is 4.79 Å². The zero-order valence-corrected chi connectivity index (χ0v) is 11.6. The Morgan fingerprint density at radius 2 is 2.12 bits per heavy atom. The molecule has 0 aromatic heterocycles. The lowest BCUT2D eigenvalue weighted by molar-refractivity contribution is -0.117. The zero-order chi connectivity index (χ0) is 13.5. The molecule has 0 bridgehead atoms. The Morgan fingerprint density at radius 1 is 1.53 bits per heavy atom. The molecular formula is C12H20ClN3O. The highest BCUT2D eigenvalue weighted by molar-refractivity contribution is 6.18. The van der Waals surface area contributed by atoms with Gasteiger partial charge in [-0.1, -0.05) is 0 Å². The molecule has 0 aromatic carbocycles. The van der Waals surface area contributed by atoms with Crippen LogP contribution < -0.4 is 5.32 Å². The summed E-state index contributed by atoms with van der Waals surface area (Å²) in [7, 11) is 0. The fourth-order valence-electron chi connectivity index (χ4n) is 1.31. The van der Waals surface area contributed by atoms with E-state index in [9.17, 15) is 4.79 Å². The van der Waals surface area contributed by atoms with E-state index < -0.39 is 0 Å². The highest BCUT2D eigenvalue weighted by atomic mass is 35.5. The summed E-state index contributed by atoms with van der Waals surface area (Å²) in [6, 6.07) is 1.91. The van der Waals surface area contributed by atoms with Crippen molar-refractivity contribution in [2.75, 3.05) is 19.0 Å². The van der Waals surface area contributed by atoms with Crippen LogP contribution in [0.15, 0.2) is 11.8 Å². The smallest absolute Gasteiger partial charge is 0.263 e. The Morgan fingerprint density at radius 3 is 2.47 bits per heavy atom. The van der Waals surface area contributed by atoms with Gasteiger partial charge in [0.15, 0.2) is 0 Å². The number of nitrogens with zero attached hydrogens (tertiary/aromatic N) is 2. The fraction of sp³-hybridized carbons (Fsp3) is 0.667. The zero-order valence-electron chi connectivity index (χ0n) is 10.9. The number of carbonyl (C=O) groups is 1. The van der Waals surface area contributed by atoms with E-state index in [0.717, 1.165) is 6.54 Å². The van der Waals surface area contributed by atoms with Crippen LogP contribution in [0.3, 0.4) is 0 Å². The molecule has 96 valence electrons. The van der Waals surface area contributed by atoms with E-state index >= 15 is 0 Å². The van der Waals surface area contributed by atoms with E-state index in [1.165, 1.54) is 0 Å². The summed E-state index contributed by atoms with van der Waals surface area (Å²) in [5.74, 6) is -0.0443. The molecule has 5 heteroatoms. The summed E-state index contributed by atoms with van der Waals surface area (Å²) >= 11 is 5.47. The number of halogens is 1. The van der Waals surface area contributed by atoms with Crippen LogP contribution in [-0.2, 0) is 4.79 Å². The molecule has 0 aromatic rings. The average molecular weight is 258 g/mol. The Labute approximate surface area is 108 Å². The molecule has 0 fully saturated rings. The SMILES string of the molecule is CCN(/C=C(/C#N)C(=O)NCCCl)C(C)(C)C. The third-order valence-electron chi connectivity index (χ3n) is 2.23. The molecular weight excluding hydrogens is 238 g/mol. The number of hydrogen-bond acceptors (Lipinski definition) is 3. The van der Waals surface area contributed by atoms with Gasteiger partial charge in [-0.3, -0.25) is 4.79 Å². The molecule has 0 saturated carbocycles. The number of nitrogens with one attached hydrogen (secondary N) is 1. The minimum absolute atomic E-state index is 0.104. The molecule has 4 nitrogen and oxygen atoms in total. The lowest BCUT2D eigenvalue weighted by Gasteiger charge is -2.33. The minimum Gasteiger partial charge on any atom is -0.372 e. The van der Waals surface area contributed by atoms with Crippen LogP contribution in [0.1, 0.15) is 27.7 Å². The van der Waals surface area contributed by atoms with Crippen LogP contribution in [0.5, 0.6) is 0 Å². The molecule has 17 heavy (non-hydrogen) atoms. The number of rotatable bonds is 5. The standard InChI is InChI=1S/C12H20ClN3O/c1-5-16(12(2,3)4)9-10(8-14)11(17)15-7-6-13/h9H,5-7H2,1-4H3,(H,15,17)/b10-9-. The van der Waals surface area contributed by atoms with Crippen molar-refractivity contribution in [1.29, 1.82) is 5.26 Å². The van der Waals surface area contributed by atoms with Gasteiger partial charge in [-0.2, -0.15) is 5.26 Å². The Balaban J connectivity index is 4.86. The van der Waals surface area contributed by atoms with Crippen LogP contribution in [-0.4, -0.2) is 35.3 Å². The predicted octanol–water partition coefficient (Wildman–Crippen LogP) is 1.87. The van der Waals surface area contributed by atoms with Gasteiger partial charge in [-0.25, -0.2) is 0 Å². The number of nitriles is 1. The van der Waals surface area contributed by atoms with Crippen molar-refractivity contribution in [3.05, 3.63) is 11.8 Å². The normalized spacial score (nSPS) is 11.9. The van der Waals surface area contributed by atoms with Gasteiger partial charge in [0, 0.05) is 30.7 Å². The molecule has 0 aliphatic heterocycles. The Kier molecular flexibility index (Phi) is 6.67. The quantitative estimate of drug-likeness (QED) is 0.465. The topological polar surface area (TPSA) is 56.1 Å². The van der Waals surface area contributed by atoms with E-state index in [0.29, 0.717) is 12.4 Å². The van der Waals surface area contributed by atoms with Crippen LogP contribution >= 0.6 is 11.6 Å². The number of hydrogen-bond donors (Lipinski definition) is 1. The third kappa shape index (κ3) is 5.60. The van der Waals surface area contributed by atoms with Crippen molar-refractivity contribution in [1.82, 2.24) is 10.2 Å². The molecule has 0 atom stereocenters. The van der Waals surface area contributed by atoms with Crippen molar-refractivity contribution in [2.24, 2.45) is 0 Å². The molecule has 0 radical (unpaired) electrons.